The van der Waals surface area contributed by atoms with E-state index in [1.807, 2.05) is 47.3 Å². The average Bonchev–Trinajstić information content (AvgIpc) is 3.07. The standard InChI is InChI=1S/C19H18N4O2/c1-22-14-17(18(10-19(22)24)25-9-5-8-20)16-11-21-23(13-16)12-15-6-3-2-4-7-15/h2-4,6-7,10-11,13-14H,5,9,12H2,1H3. The average molecular weight is 334 g/mol. The van der Waals surface area contributed by atoms with Crippen LogP contribution >= 0.6 is 0 Å². The summed E-state index contributed by atoms with van der Waals surface area (Å²) in [5, 5.41) is 13.1. The second-order valence-electron chi connectivity index (χ2n) is 5.67. The van der Waals surface area contributed by atoms with E-state index < -0.39 is 0 Å². The van der Waals surface area contributed by atoms with Gasteiger partial charge in [-0.25, -0.2) is 0 Å². The highest BCUT2D eigenvalue weighted by Gasteiger charge is 2.11. The van der Waals surface area contributed by atoms with E-state index in [1.165, 1.54) is 10.6 Å². The van der Waals surface area contributed by atoms with Gasteiger partial charge in [-0.15, -0.1) is 0 Å². The zero-order valence-electron chi connectivity index (χ0n) is 13.9. The molecule has 0 amide bonds. The molecule has 0 aliphatic carbocycles. The molecule has 0 aliphatic heterocycles. The molecule has 3 rings (SSSR count). The van der Waals surface area contributed by atoms with Crippen molar-refractivity contribution in [1.82, 2.24) is 14.3 Å². The maximum absolute atomic E-state index is 11.9. The Morgan fingerprint density at radius 2 is 2.04 bits per heavy atom. The molecule has 6 nitrogen and oxygen atoms in total. The molecule has 2 heterocycles. The number of hydrogen-bond acceptors (Lipinski definition) is 4. The van der Waals surface area contributed by atoms with Gasteiger partial charge in [0.2, 0.25) is 0 Å². The van der Waals surface area contributed by atoms with E-state index in [1.54, 1.807) is 19.4 Å². The van der Waals surface area contributed by atoms with E-state index in [0.717, 1.165) is 16.7 Å². The lowest BCUT2D eigenvalue weighted by Gasteiger charge is -2.10. The van der Waals surface area contributed by atoms with E-state index in [2.05, 4.69) is 5.10 Å². The zero-order valence-corrected chi connectivity index (χ0v) is 13.9. The monoisotopic (exact) mass is 334 g/mol. The van der Waals surface area contributed by atoms with Crippen LogP contribution < -0.4 is 10.3 Å². The SMILES string of the molecule is Cn1cc(-c2cnn(Cc3ccccc3)c2)c(OCCC#N)cc1=O. The fourth-order valence-electron chi connectivity index (χ4n) is 2.52. The van der Waals surface area contributed by atoms with Gasteiger partial charge in [0.15, 0.2) is 0 Å². The molecule has 0 aliphatic rings. The second-order valence-corrected chi connectivity index (χ2v) is 5.67. The highest BCUT2D eigenvalue weighted by atomic mass is 16.5. The van der Waals surface area contributed by atoms with Crippen molar-refractivity contribution < 1.29 is 4.74 Å². The van der Waals surface area contributed by atoms with E-state index in [0.29, 0.717) is 12.3 Å². The quantitative estimate of drug-likeness (QED) is 0.650. The molecule has 25 heavy (non-hydrogen) atoms. The lowest BCUT2D eigenvalue weighted by Crippen LogP contribution is -2.16. The first-order valence-electron chi connectivity index (χ1n) is 7.94. The van der Waals surface area contributed by atoms with Crippen LogP contribution in [0.3, 0.4) is 0 Å². The Morgan fingerprint density at radius 3 is 2.80 bits per heavy atom. The molecule has 0 radical (unpaired) electrons. The summed E-state index contributed by atoms with van der Waals surface area (Å²) in [6, 6.07) is 13.5. The normalized spacial score (nSPS) is 10.4. The molecule has 3 aromatic rings. The molecule has 0 bridgehead atoms. The summed E-state index contributed by atoms with van der Waals surface area (Å²) in [5.74, 6) is 0.470. The minimum absolute atomic E-state index is 0.160. The predicted octanol–water partition coefficient (Wildman–Crippen LogP) is 2.59. The minimum atomic E-state index is -0.160. The number of aryl methyl sites for hydroxylation is 1. The van der Waals surface area contributed by atoms with Crippen LogP contribution in [0, 0.1) is 11.3 Å². The minimum Gasteiger partial charge on any atom is -0.492 e. The molecule has 6 heteroatoms. The van der Waals surface area contributed by atoms with Crippen LogP contribution in [0.4, 0.5) is 0 Å². The van der Waals surface area contributed by atoms with Gasteiger partial charge in [-0.3, -0.25) is 9.48 Å². The molecule has 0 atom stereocenters. The van der Waals surface area contributed by atoms with Crippen molar-refractivity contribution in [1.29, 1.82) is 5.26 Å². The van der Waals surface area contributed by atoms with Gasteiger partial charge in [0.05, 0.1) is 25.2 Å². The van der Waals surface area contributed by atoms with Gasteiger partial charge in [0.25, 0.3) is 5.56 Å². The second kappa shape index (κ2) is 7.49. The molecule has 2 aromatic heterocycles. The number of ether oxygens (including phenoxy) is 1. The van der Waals surface area contributed by atoms with E-state index in [9.17, 15) is 4.79 Å². The third-order valence-corrected chi connectivity index (χ3v) is 3.79. The number of pyridine rings is 1. The third kappa shape index (κ3) is 3.96. The third-order valence-electron chi connectivity index (χ3n) is 3.79. The fourth-order valence-corrected chi connectivity index (χ4v) is 2.52. The van der Waals surface area contributed by atoms with E-state index in [4.69, 9.17) is 10.00 Å². The van der Waals surface area contributed by atoms with Gasteiger partial charge >= 0.3 is 0 Å². The number of aromatic nitrogens is 3. The Morgan fingerprint density at radius 1 is 1.24 bits per heavy atom. The van der Waals surface area contributed by atoms with Crippen LogP contribution in [0.5, 0.6) is 5.75 Å². The maximum Gasteiger partial charge on any atom is 0.254 e. The van der Waals surface area contributed by atoms with Crippen LogP contribution in [-0.2, 0) is 13.6 Å². The Labute approximate surface area is 145 Å². The van der Waals surface area contributed by atoms with Gasteiger partial charge in [-0.1, -0.05) is 30.3 Å². The predicted molar refractivity (Wildman–Crippen MR) is 94.2 cm³/mol. The first-order chi connectivity index (χ1) is 12.2. The van der Waals surface area contributed by atoms with Gasteiger partial charge < -0.3 is 9.30 Å². The summed E-state index contributed by atoms with van der Waals surface area (Å²) in [5.41, 5.74) is 2.63. The highest BCUT2D eigenvalue weighted by molar-refractivity contribution is 5.68. The Balaban J connectivity index is 1.89. The summed E-state index contributed by atoms with van der Waals surface area (Å²) < 4.78 is 8.97. The van der Waals surface area contributed by atoms with E-state index in [-0.39, 0.29) is 18.6 Å². The molecular weight excluding hydrogens is 316 g/mol. The molecule has 0 spiro atoms. The number of nitrogens with zero attached hydrogens (tertiary/aromatic N) is 4. The number of rotatable bonds is 6. The summed E-state index contributed by atoms with van der Waals surface area (Å²) in [7, 11) is 1.69. The van der Waals surface area contributed by atoms with Crippen molar-refractivity contribution in [3.63, 3.8) is 0 Å². The summed E-state index contributed by atoms with van der Waals surface area (Å²) >= 11 is 0. The number of hydrogen-bond donors (Lipinski definition) is 0. The number of benzene rings is 1. The fraction of sp³-hybridized carbons (Fsp3) is 0.211. The smallest absolute Gasteiger partial charge is 0.254 e. The Hall–Kier alpha value is -3.33. The van der Waals surface area contributed by atoms with Crippen LogP contribution in [0.15, 0.2) is 59.8 Å². The Bertz CT molecular complexity index is 952. The van der Waals surface area contributed by atoms with Crippen molar-refractivity contribution in [3.8, 4) is 22.9 Å². The summed E-state index contributed by atoms with van der Waals surface area (Å²) in [6.07, 6.45) is 5.67. The van der Waals surface area contributed by atoms with Crippen LogP contribution in [-0.4, -0.2) is 21.0 Å². The highest BCUT2D eigenvalue weighted by Crippen LogP contribution is 2.28. The largest absolute Gasteiger partial charge is 0.492 e. The van der Waals surface area contributed by atoms with Gasteiger partial charge in [0, 0.05) is 36.6 Å². The van der Waals surface area contributed by atoms with E-state index >= 15 is 0 Å². The van der Waals surface area contributed by atoms with Gasteiger partial charge in [-0.2, -0.15) is 10.4 Å². The van der Waals surface area contributed by atoms with Crippen molar-refractivity contribution >= 4 is 0 Å². The van der Waals surface area contributed by atoms with Crippen molar-refractivity contribution in [2.24, 2.45) is 7.05 Å². The lowest BCUT2D eigenvalue weighted by molar-refractivity contribution is 0.326. The molecule has 0 unspecified atom stereocenters. The van der Waals surface area contributed by atoms with Crippen molar-refractivity contribution in [2.75, 3.05) is 6.61 Å². The zero-order chi connectivity index (χ0) is 17.6. The van der Waals surface area contributed by atoms with Gasteiger partial charge in [0.1, 0.15) is 12.4 Å². The van der Waals surface area contributed by atoms with Crippen LogP contribution in [0.2, 0.25) is 0 Å². The molecule has 0 saturated heterocycles. The molecule has 0 fully saturated rings. The Kier molecular flexibility index (Phi) is 4.95. The molecule has 0 saturated carbocycles. The summed E-state index contributed by atoms with van der Waals surface area (Å²) in [4.78, 5) is 11.9. The van der Waals surface area contributed by atoms with Crippen molar-refractivity contribution in [2.45, 2.75) is 13.0 Å². The first kappa shape index (κ1) is 16.5. The molecule has 1 aromatic carbocycles. The lowest BCUT2D eigenvalue weighted by atomic mass is 10.1. The van der Waals surface area contributed by atoms with Crippen LogP contribution in [0.1, 0.15) is 12.0 Å². The number of nitriles is 1. The topological polar surface area (TPSA) is 72.8 Å². The van der Waals surface area contributed by atoms with Crippen LogP contribution in [0.25, 0.3) is 11.1 Å². The van der Waals surface area contributed by atoms with Crippen molar-refractivity contribution in [3.05, 3.63) is 70.9 Å². The molecule has 0 N–H and O–H groups in total. The maximum atomic E-state index is 11.9. The van der Waals surface area contributed by atoms with Gasteiger partial charge in [-0.05, 0) is 5.56 Å². The summed E-state index contributed by atoms with van der Waals surface area (Å²) in [6.45, 7) is 0.909. The first-order valence-corrected chi connectivity index (χ1v) is 7.94. The molecular formula is C19H18N4O2. The molecule has 126 valence electrons.